The number of aryl methyl sites for hydroxylation is 1. The normalized spacial score (nSPS) is 12.1. The first kappa shape index (κ1) is 27.9. The second-order valence-corrected chi connectivity index (χ2v) is 11.3. The van der Waals surface area contributed by atoms with Crippen molar-refractivity contribution in [3.8, 4) is 0 Å². The fourth-order valence-corrected chi connectivity index (χ4v) is 5.28. The third kappa shape index (κ3) is 7.20. The maximum atomic E-state index is 13.8. The number of para-hydroxylation sites is 1. The molecule has 0 aromatic heterocycles. The lowest BCUT2D eigenvalue weighted by Gasteiger charge is -2.32. The Labute approximate surface area is 220 Å². The smallest absolute Gasteiger partial charge is 0.264 e. The van der Waals surface area contributed by atoms with E-state index in [9.17, 15) is 18.0 Å². The average molecular weight is 522 g/mol. The van der Waals surface area contributed by atoms with E-state index >= 15 is 0 Å². The molecule has 1 N–H and O–H groups in total. The van der Waals surface area contributed by atoms with Crippen LogP contribution in [0.4, 0.5) is 5.69 Å². The summed E-state index contributed by atoms with van der Waals surface area (Å²) in [6.07, 6.45) is 0. The third-order valence-corrected chi connectivity index (χ3v) is 7.90. The van der Waals surface area contributed by atoms with Crippen molar-refractivity contribution in [2.24, 2.45) is 5.92 Å². The summed E-state index contributed by atoms with van der Waals surface area (Å²) in [6.45, 7) is 7.81. The van der Waals surface area contributed by atoms with Crippen LogP contribution in [0.15, 0.2) is 89.8 Å². The van der Waals surface area contributed by atoms with E-state index in [1.165, 1.54) is 17.0 Å². The number of nitrogens with one attached hydrogen (secondary N) is 1. The molecule has 0 fully saturated rings. The first-order valence-corrected chi connectivity index (χ1v) is 13.8. The van der Waals surface area contributed by atoms with Crippen molar-refractivity contribution in [1.82, 2.24) is 10.2 Å². The minimum atomic E-state index is -4.05. The van der Waals surface area contributed by atoms with Crippen LogP contribution < -0.4 is 9.62 Å². The van der Waals surface area contributed by atoms with Gasteiger partial charge in [0.2, 0.25) is 11.8 Å². The van der Waals surface area contributed by atoms with E-state index in [1.807, 2.05) is 45.0 Å². The molecule has 0 spiro atoms. The standard InChI is InChI=1S/C29H35N3O4S/c1-22(2)19-30-29(34)24(4)31(20-25-14-12-11-13-23(25)3)28(33)21-32(26-15-7-5-8-16-26)37(35,36)27-17-9-6-10-18-27/h5-18,22,24H,19-21H2,1-4H3,(H,30,34). The number of nitrogens with zero attached hydrogens (tertiary/aromatic N) is 2. The predicted octanol–water partition coefficient (Wildman–Crippen LogP) is 4.38. The molecule has 1 unspecified atom stereocenters. The molecule has 8 heteroatoms. The quantitative estimate of drug-likeness (QED) is 0.406. The van der Waals surface area contributed by atoms with Gasteiger partial charge in [-0.1, -0.05) is 74.5 Å². The van der Waals surface area contributed by atoms with Crippen molar-refractivity contribution in [2.75, 3.05) is 17.4 Å². The van der Waals surface area contributed by atoms with Crippen LogP contribution in [0.2, 0.25) is 0 Å². The van der Waals surface area contributed by atoms with Crippen LogP contribution in [0.1, 0.15) is 31.9 Å². The van der Waals surface area contributed by atoms with E-state index in [2.05, 4.69) is 5.32 Å². The van der Waals surface area contributed by atoms with Gasteiger partial charge in [0.25, 0.3) is 10.0 Å². The van der Waals surface area contributed by atoms with Gasteiger partial charge < -0.3 is 10.2 Å². The summed E-state index contributed by atoms with van der Waals surface area (Å²) in [4.78, 5) is 28.4. The third-order valence-electron chi connectivity index (χ3n) is 6.11. The van der Waals surface area contributed by atoms with E-state index in [1.54, 1.807) is 55.5 Å². The van der Waals surface area contributed by atoms with Crippen molar-refractivity contribution >= 4 is 27.5 Å². The van der Waals surface area contributed by atoms with Gasteiger partial charge in [-0.2, -0.15) is 0 Å². The molecular formula is C29H35N3O4S. The number of sulfonamides is 1. The van der Waals surface area contributed by atoms with Crippen LogP contribution in [0, 0.1) is 12.8 Å². The van der Waals surface area contributed by atoms with Crippen LogP contribution in [0.5, 0.6) is 0 Å². The summed E-state index contributed by atoms with van der Waals surface area (Å²) < 4.78 is 28.4. The molecule has 7 nitrogen and oxygen atoms in total. The Kier molecular flexibility index (Phi) is 9.47. The molecule has 2 amide bonds. The summed E-state index contributed by atoms with van der Waals surface area (Å²) in [5, 5.41) is 2.89. The molecule has 3 aromatic carbocycles. The maximum Gasteiger partial charge on any atom is 0.264 e. The van der Waals surface area contributed by atoms with Gasteiger partial charge in [0.1, 0.15) is 12.6 Å². The molecule has 3 rings (SSSR count). The van der Waals surface area contributed by atoms with E-state index < -0.39 is 28.5 Å². The number of hydrogen-bond donors (Lipinski definition) is 1. The molecule has 0 aliphatic carbocycles. The van der Waals surface area contributed by atoms with Gasteiger partial charge in [0.15, 0.2) is 0 Å². The van der Waals surface area contributed by atoms with Crippen LogP contribution in [0.3, 0.4) is 0 Å². The van der Waals surface area contributed by atoms with Crippen molar-refractivity contribution in [3.05, 3.63) is 96.1 Å². The average Bonchev–Trinajstić information content (AvgIpc) is 2.90. The number of rotatable bonds is 11. The van der Waals surface area contributed by atoms with E-state index in [-0.39, 0.29) is 23.3 Å². The Morgan fingerprint density at radius 1 is 0.838 bits per heavy atom. The summed E-state index contributed by atoms with van der Waals surface area (Å²) in [6, 6.07) is 23.4. The molecule has 1 atom stereocenters. The highest BCUT2D eigenvalue weighted by Crippen LogP contribution is 2.24. The molecule has 37 heavy (non-hydrogen) atoms. The second-order valence-electron chi connectivity index (χ2n) is 9.42. The number of hydrogen-bond acceptors (Lipinski definition) is 4. The molecule has 0 heterocycles. The Morgan fingerprint density at radius 3 is 2.00 bits per heavy atom. The number of amides is 2. The summed E-state index contributed by atoms with van der Waals surface area (Å²) in [5.41, 5.74) is 2.23. The van der Waals surface area contributed by atoms with E-state index in [4.69, 9.17) is 0 Å². The van der Waals surface area contributed by atoms with Crippen molar-refractivity contribution in [1.29, 1.82) is 0 Å². The van der Waals surface area contributed by atoms with Crippen molar-refractivity contribution in [3.63, 3.8) is 0 Å². The topological polar surface area (TPSA) is 86.8 Å². The summed E-state index contributed by atoms with van der Waals surface area (Å²) in [7, 11) is -4.05. The fourth-order valence-electron chi connectivity index (χ4n) is 3.85. The zero-order valence-corrected chi connectivity index (χ0v) is 22.6. The highest BCUT2D eigenvalue weighted by Gasteiger charge is 2.32. The number of benzene rings is 3. The Balaban J connectivity index is 1.98. The number of carbonyl (C=O) groups excluding carboxylic acids is 2. The van der Waals surface area contributed by atoms with Gasteiger partial charge in [-0.3, -0.25) is 13.9 Å². The molecule has 0 saturated heterocycles. The van der Waals surface area contributed by atoms with Crippen LogP contribution in [-0.2, 0) is 26.2 Å². The van der Waals surface area contributed by atoms with Crippen LogP contribution in [0.25, 0.3) is 0 Å². The minimum absolute atomic E-state index is 0.0832. The highest BCUT2D eigenvalue weighted by molar-refractivity contribution is 7.92. The summed E-state index contributed by atoms with van der Waals surface area (Å²) in [5.74, 6) is -0.507. The zero-order chi connectivity index (χ0) is 27.0. The predicted molar refractivity (Wildman–Crippen MR) is 146 cm³/mol. The largest absolute Gasteiger partial charge is 0.354 e. The van der Waals surface area contributed by atoms with Gasteiger partial charge in [0, 0.05) is 13.1 Å². The van der Waals surface area contributed by atoms with Gasteiger partial charge in [-0.15, -0.1) is 0 Å². The van der Waals surface area contributed by atoms with E-state index in [0.29, 0.717) is 12.2 Å². The van der Waals surface area contributed by atoms with Gasteiger partial charge in [0.05, 0.1) is 10.6 Å². The SMILES string of the molecule is Cc1ccccc1CN(C(=O)CN(c1ccccc1)S(=O)(=O)c1ccccc1)C(C)C(=O)NCC(C)C. The maximum absolute atomic E-state index is 13.8. The monoisotopic (exact) mass is 521 g/mol. The van der Waals surface area contributed by atoms with Crippen molar-refractivity contribution < 1.29 is 18.0 Å². The lowest BCUT2D eigenvalue weighted by molar-refractivity contribution is -0.139. The fraction of sp³-hybridized carbons (Fsp3) is 0.310. The van der Waals surface area contributed by atoms with Crippen molar-refractivity contribution in [2.45, 2.75) is 45.2 Å². The molecule has 196 valence electrons. The lowest BCUT2D eigenvalue weighted by atomic mass is 10.1. The molecule has 0 aliphatic heterocycles. The van der Waals surface area contributed by atoms with E-state index in [0.717, 1.165) is 15.4 Å². The molecule has 0 bridgehead atoms. The number of carbonyl (C=O) groups is 2. The van der Waals surface area contributed by atoms with Gasteiger partial charge in [-0.05, 0) is 55.2 Å². The Bertz CT molecular complexity index is 1290. The van der Waals surface area contributed by atoms with Gasteiger partial charge in [-0.25, -0.2) is 8.42 Å². The number of anilines is 1. The molecule has 0 radical (unpaired) electrons. The second kappa shape index (κ2) is 12.5. The Morgan fingerprint density at radius 2 is 1.41 bits per heavy atom. The highest BCUT2D eigenvalue weighted by atomic mass is 32.2. The zero-order valence-electron chi connectivity index (χ0n) is 21.8. The first-order chi connectivity index (χ1) is 17.6. The Hall–Kier alpha value is -3.65. The van der Waals surface area contributed by atoms with Crippen LogP contribution in [-0.4, -0.2) is 44.3 Å². The lowest BCUT2D eigenvalue weighted by Crippen LogP contribution is -2.51. The van der Waals surface area contributed by atoms with Gasteiger partial charge >= 0.3 is 0 Å². The molecule has 3 aromatic rings. The summed E-state index contributed by atoms with van der Waals surface area (Å²) >= 11 is 0. The minimum Gasteiger partial charge on any atom is -0.354 e. The first-order valence-electron chi connectivity index (χ1n) is 12.4. The molecule has 0 aliphatic rings. The molecule has 0 saturated carbocycles. The molecular weight excluding hydrogens is 486 g/mol. The van der Waals surface area contributed by atoms with Crippen LogP contribution >= 0.6 is 0 Å².